The van der Waals surface area contributed by atoms with Crippen LogP contribution in [0, 0.1) is 13.8 Å². The fourth-order valence-electron chi connectivity index (χ4n) is 2.97. The molecule has 2 aromatic carbocycles. The molecule has 0 atom stereocenters. The highest BCUT2D eigenvalue weighted by Gasteiger charge is 2.14. The first-order chi connectivity index (χ1) is 14.4. The van der Waals surface area contributed by atoms with Crippen molar-refractivity contribution in [1.82, 2.24) is 20.3 Å². The number of aryl methyl sites for hydroxylation is 3. The van der Waals surface area contributed by atoms with Crippen molar-refractivity contribution >= 4 is 34.5 Å². The number of carbonyl (C=O) groups is 3. The zero-order valence-corrected chi connectivity index (χ0v) is 17.1. The van der Waals surface area contributed by atoms with Crippen LogP contribution >= 0.6 is 0 Å². The van der Waals surface area contributed by atoms with Gasteiger partial charge in [0.1, 0.15) is 5.52 Å². The summed E-state index contributed by atoms with van der Waals surface area (Å²) < 4.78 is 6.73. The molecule has 9 nitrogen and oxygen atoms in total. The molecule has 0 saturated carbocycles. The average molecular weight is 409 g/mol. The first-order valence-corrected chi connectivity index (χ1v) is 9.52. The molecule has 0 spiro atoms. The van der Waals surface area contributed by atoms with Gasteiger partial charge in [-0.05, 0) is 50.1 Å². The van der Waals surface area contributed by atoms with Crippen LogP contribution in [-0.4, -0.2) is 45.9 Å². The van der Waals surface area contributed by atoms with Crippen LogP contribution in [0.1, 0.15) is 28.4 Å². The van der Waals surface area contributed by atoms with E-state index in [9.17, 15) is 14.4 Å². The van der Waals surface area contributed by atoms with Gasteiger partial charge in [-0.15, -0.1) is 5.10 Å². The van der Waals surface area contributed by atoms with Crippen LogP contribution in [0.3, 0.4) is 0 Å². The third-order valence-corrected chi connectivity index (χ3v) is 4.58. The molecule has 1 aromatic heterocycles. The molecule has 2 amide bonds. The molecule has 0 aliphatic rings. The maximum Gasteiger partial charge on any atom is 0.338 e. The Balaban J connectivity index is 1.48. The van der Waals surface area contributed by atoms with Gasteiger partial charge in [0, 0.05) is 12.2 Å². The summed E-state index contributed by atoms with van der Waals surface area (Å²) in [6.07, 6.45) is 0. The Morgan fingerprint density at radius 3 is 2.50 bits per heavy atom. The van der Waals surface area contributed by atoms with Crippen molar-refractivity contribution in [3.63, 3.8) is 0 Å². The van der Waals surface area contributed by atoms with Crippen molar-refractivity contribution in [3.8, 4) is 0 Å². The van der Waals surface area contributed by atoms with Gasteiger partial charge in [0.25, 0.3) is 5.91 Å². The minimum Gasteiger partial charge on any atom is -0.452 e. The Kier molecular flexibility index (Phi) is 6.41. The zero-order chi connectivity index (χ0) is 21.7. The molecule has 0 bridgehead atoms. The molecule has 156 valence electrons. The predicted molar refractivity (Wildman–Crippen MR) is 111 cm³/mol. The van der Waals surface area contributed by atoms with Gasteiger partial charge in [-0.3, -0.25) is 9.59 Å². The summed E-state index contributed by atoms with van der Waals surface area (Å²) in [5.74, 6) is -1.59. The summed E-state index contributed by atoms with van der Waals surface area (Å²) in [6.45, 7) is 5.67. The average Bonchev–Trinajstić information content (AvgIpc) is 3.15. The highest BCUT2D eigenvalue weighted by molar-refractivity contribution is 5.97. The molecule has 9 heteroatoms. The largest absolute Gasteiger partial charge is 0.452 e. The normalized spacial score (nSPS) is 10.6. The van der Waals surface area contributed by atoms with E-state index in [1.165, 1.54) is 0 Å². The lowest BCUT2D eigenvalue weighted by molar-refractivity contribution is -0.126. The fourth-order valence-corrected chi connectivity index (χ4v) is 2.97. The number of carbonyl (C=O) groups excluding carboxylic acids is 3. The molecular weight excluding hydrogens is 386 g/mol. The van der Waals surface area contributed by atoms with Crippen molar-refractivity contribution in [2.45, 2.75) is 27.3 Å². The van der Waals surface area contributed by atoms with Gasteiger partial charge in [-0.2, -0.15) is 0 Å². The number of nitrogens with zero attached hydrogens (tertiary/aromatic N) is 3. The van der Waals surface area contributed by atoms with Crippen LogP contribution in [0.15, 0.2) is 36.4 Å². The molecule has 0 radical (unpaired) electrons. The van der Waals surface area contributed by atoms with Gasteiger partial charge in [-0.25, -0.2) is 9.48 Å². The van der Waals surface area contributed by atoms with Crippen molar-refractivity contribution in [1.29, 1.82) is 0 Å². The number of hydrogen-bond acceptors (Lipinski definition) is 6. The van der Waals surface area contributed by atoms with Crippen LogP contribution in [0.5, 0.6) is 0 Å². The SMILES string of the molecule is CCn1nnc2cc(C(=O)OCC(=O)NCC(=O)Nc3c(C)cccc3C)ccc21. The highest BCUT2D eigenvalue weighted by Crippen LogP contribution is 2.19. The summed E-state index contributed by atoms with van der Waals surface area (Å²) in [4.78, 5) is 36.2. The van der Waals surface area contributed by atoms with Crippen molar-refractivity contribution < 1.29 is 19.1 Å². The summed E-state index contributed by atoms with van der Waals surface area (Å²) in [7, 11) is 0. The summed E-state index contributed by atoms with van der Waals surface area (Å²) in [5.41, 5.74) is 4.23. The van der Waals surface area contributed by atoms with Gasteiger partial charge in [0.15, 0.2) is 6.61 Å². The molecule has 0 aliphatic carbocycles. The quantitative estimate of drug-likeness (QED) is 0.577. The topological polar surface area (TPSA) is 115 Å². The number of anilines is 1. The molecular formula is C21H23N5O4. The van der Waals surface area contributed by atoms with Crippen LogP contribution in [0.25, 0.3) is 11.0 Å². The van der Waals surface area contributed by atoms with Crippen LogP contribution in [0.2, 0.25) is 0 Å². The first-order valence-electron chi connectivity index (χ1n) is 9.52. The molecule has 1 heterocycles. The van der Waals surface area contributed by atoms with Crippen LogP contribution < -0.4 is 10.6 Å². The molecule has 0 fully saturated rings. The van der Waals surface area contributed by atoms with Crippen molar-refractivity contribution in [2.75, 3.05) is 18.5 Å². The molecule has 0 unspecified atom stereocenters. The number of para-hydroxylation sites is 1. The Morgan fingerprint density at radius 1 is 1.07 bits per heavy atom. The Bertz CT molecular complexity index is 1090. The monoisotopic (exact) mass is 409 g/mol. The number of esters is 1. The van der Waals surface area contributed by atoms with E-state index in [-0.39, 0.29) is 18.0 Å². The van der Waals surface area contributed by atoms with Gasteiger partial charge in [0.05, 0.1) is 17.6 Å². The second-order valence-corrected chi connectivity index (χ2v) is 6.78. The zero-order valence-electron chi connectivity index (χ0n) is 17.1. The number of amides is 2. The second-order valence-electron chi connectivity index (χ2n) is 6.78. The highest BCUT2D eigenvalue weighted by atomic mass is 16.5. The molecule has 2 N–H and O–H groups in total. The van der Waals surface area contributed by atoms with E-state index in [2.05, 4.69) is 20.9 Å². The minimum atomic E-state index is -0.655. The van der Waals surface area contributed by atoms with Gasteiger partial charge >= 0.3 is 5.97 Å². The van der Waals surface area contributed by atoms with Crippen molar-refractivity contribution in [2.24, 2.45) is 0 Å². The number of aromatic nitrogens is 3. The van der Waals surface area contributed by atoms with E-state index in [1.54, 1.807) is 22.9 Å². The van der Waals surface area contributed by atoms with E-state index in [0.717, 1.165) is 22.3 Å². The third-order valence-electron chi connectivity index (χ3n) is 4.58. The summed E-state index contributed by atoms with van der Waals surface area (Å²) >= 11 is 0. The number of benzene rings is 2. The minimum absolute atomic E-state index is 0.226. The van der Waals surface area contributed by atoms with Crippen LogP contribution in [0.4, 0.5) is 5.69 Å². The van der Waals surface area contributed by atoms with E-state index in [4.69, 9.17) is 4.74 Å². The number of ether oxygens (including phenoxy) is 1. The lowest BCUT2D eigenvalue weighted by Gasteiger charge is -2.12. The smallest absolute Gasteiger partial charge is 0.338 e. The Labute approximate surface area is 173 Å². The lowest BCUT2D eigenvalue weighted by atomic mass is 10.1. The molecule has 3 rings (SSSR count). The Morgan fingerprint density at radius 2 is 1.80 bits per heavy atom. The fraction of sp³-hybridized carbons (Fsp3) is 0.286. The predicted octanol–water partition coefficient (Wildman–Crippen LogP) is 1.98. The lowest BCUT2D eigenvalue weighted by Crippen LogP contribution is -2.35. The molecule has 0 aliphatic heterocycles. The van der Waals surface area contributed by atoms with E-state index >= 15 is 0 Å². The molecule has 30 heavy (non-hydrogen) atoms. The second kappa shape index (κ2) is 9.17. The Hall–Kier alpha value is -3.75. The maximum absolute atomic E-state index is 12.2. The van der Waals surface area contributed by atoms with E-state index < -0.39 is 18.5 Å². The standard InChI is InChI=1S/C21H23N5O4/c1-4-26-17-9-8-15(10-16(17)24-25-26)21(29)30-12-19(28)22-11-18(27)23-20-13(2)6-5-7-14(20)3/h5-10H,4,11-12H2,1-3H3,(H,22,28)(H,23,27). The molecule has 0 saturated heterocycles. The number of hydrogen-bond donors (Lipinski definition) is 2. The van der Waals surface area contributed by atoms with Gasteiger partial charge in [-0.1, -0.05) is 23.4 Å². The van der Waals surface area contributed by atoms with Crippen molar-refractivity contribution in [3.05, 3.63) is 53.1 Å². The van der Waals surface area contributed by atoms with Gasteiger partial charge in [0.2, 0.25) is 5.91 Å². The summed E-state index contributed by atoms with van der Waals surface area (Å²) in [6, 6.07) is 10.6. The number of rotatable bonds is 7. The molecule has 3 aromatic rings. The van der Waals surface area contributed by atoms with E-state index in [0.29, 0.717) is 12.1 Å². The van der Waals surface area contributed by atoms with Crippen LogP contribution in [-0.2, 0) is 20.9 Å². The summed E-state index contributed by atoms with van der Waals surface area (Å²) in [5, 5.41) is 13.2. The number of fused-ring (bicyclic) bond motifs is 1. The maximum atomic E-state index is 12.2. The van der Waals surface area contributed by atoms with Gasteiger partial charge < -0.3 is 15.4 Å². The first kappa shape index (κ1) is 21.0. The number of nitrogens with one attached hydrogen (secondary N) is 2. The van der Waals surface area contributed by atoms with E-state index in [1.807, 2.05) is 39.0 Å². The third kappa shape index (κ3) is 4.80.